The molecule has 0 spiro atoms. The molecule has 3 atom stereocenters. The van der Waals surface area contributed by atoms with Crippen LogP contribution >= 0.6 is 0 Å². The number of hydrogen-bond donors (Lipinski definition) is 4. The van der Waals surface area contributed by atoms with Crippen LogP contribution in [0.3, 0.4) is 0 Å². The molecule has 90 valence electrons. The van der Waals surface area contributed by atoms with Crippen molar-refractivity contribution in [3.05, 3.63) is 11.8 Å². The Hall–Kier alpha value is -1.51. The number of aliphatic hydroxyl groups is 1. The Morgan fingerprint density at radius 1 is 1.44 bits per heavy atom. The summed E-state index contributed by atoms with van der Waals surface area (Å²) in [6.45, 7) is 1.50. The van der Waals surface area contributed by atoms with E-state index in [0.717, 1.165) is 0 Å². The van der Waals surface area contributed by atoms with Crippen LogP contribution in [0.5, 0.6) is 0 Å². The molecule has 1 rings (SSSR count). The molecule has 0 fully saturated rings. The predicted octanol–water partition coefficient (Wildman–Crippen LogP) is -1.67. The van der Waals surface area contributed by atoms with Gasteiger partial charge in [-0.1, -0.05) is 0 Å². The van der Waals surface area contributed by atoms with Crippen molar-refractivity contribution in [3.63, 3.8) is 0 Å². The third kappa shape index (κ3) is 2.99. The summed E-state index contributed by atoms with van der Waals surface area (Å²) >= 11 is 0. The van der Waals surface area contributed by atoms with Crippen molar-refractivity contribution in [2.24, 2.45) is 17.2 Å². The van der Waals surface area contributed by atoms with Crippen LogP contribution < -0.4 is 17.2 Å². The van der Waals surface area contributed by atoms with E-state index in [2.05, 4.69) is 10.2 Å². The molecule has 1 aromatic heterocycles. The molecule has 0 aliphatic heterocycles. The lowest BCUT2D eigenvalue weighted by Crippen LogP contribution is -2.23. The highest BCUT2D eigenvalue weighted by Gasteiger charge is 2.22. The van der Waals surface area contributed by atoms with E-state index >= 15 is 0 Å². The molecule has 0 aliphatic rings. The molecule has 0 aromatic carbocycles. The molecular formula is C8H15N5O3. The molecule has 1 heterocycles. The topological polar surface area (TPSA) is 154 Å². The van der Waals surface area contributed by atoms with Gasteiger partial charge in [-0.2, -0.15) is 0 Å². The number of aromatic nitrogens is 2. The minimum Gasteiger partial charge on any atom is -0.422 e. The molecule has 8 heteroatoms. The molecule has 1 amide bonds. The van der Waals surface area contributed by atoms with Gasteiger partial charge in [0.05, 0.1) is 18.6 Å². The average Bonchev–Trinajstić information content (AvgIpc) is 2.63. The van der Waals surface area contributed by atoms with Gasteiger partial charge in [-0.05, 0) is 6.92 Å². The third-order valence-electron chi connectivity index (χ3n) is 2.00. The Labute approximate surface area is 91.8 Å². The van der Waals surface area contributed by atoms with E-state index in [1.807, 2.05) is 0 Å². The smallest absolute Gasteiger partial charge is 0.235 e. The first-order valence-electron chi connectivity index (χ1n) is 4.72. The fraction of sp³-hybridized carbons (Fsp3) is 0.625. The first kappa shape index (κ1) is 12.6. The molecule has 16 heavy (non-hydrogen) atoms. The fourth-order valence-corrected chi connectivity index (χ4v) is 1.04. The predicted molar refractivity (Wildman–Crippen MR) is 53.6 cm³/mol. The lowest BCUT2D eigenvalue weighted by Gasteiger charge is -2.09. The first-order valence-corrected chi connectivity index (χ1v) is 4.72. The van der Waals surface area contributed by atoms with Crippen molar-refractivity contribution in [2.75, 3.05) is 0 Å². The highest BCUT2D eigenvalue weighted by molar-refractivity contribution is 5.74. The highest BCUT2D eigenvalue weighted by Crippen LogP contribution is 2.17. The van der Waals surface area contributed by atoms with Crippen molar-refractivity contribution in [1.29, 1.82) is 0 Å². The van der Waals surface area contributed by atoms with Gasteiger partial charge in [0.15, 0.2) is 0 Å². The number of rotatable bonds is 5. The summed E-state index contributed by atoms with van der Waals surface area (Å²) in [7, 11) is 0. The third-order valence-corrected chi connectivity index (χ3v) is 2.00. The Balaban J connectivity index is 2.74. The molecule has 0 saturated heterocycles. The van der Waals surface area contributed by atoms with Gasteiger partial charge in [0.2, 0.25) is 17.7 Å². The van der Waals surface area contributed by atoms with E-state index in [0.29, 0.717) is 0 Å². The maximum atomic E-state index is 10.6. The Kier molecular flexibility index (Phi) is 3.93. The Morgan fingerprint density at radius 3 is 2.50 bits per heavy atom. The average molecular weight is 229 g/mol. The molecule has 0 radical (unpaired) electrons. The number of hydrogen-bond acceptors (Lipinski definition) is 7. The Morgan fingerprint density at radius 2 is 2.00 bits per heavy atom. The zero-order valence-electron chi connectivity index (χ0n) is 8.83. The molecule has 0 bridgehead atoms. The molecule has 8 nitrogen and oxygen atoms in total. The normalized spacial score (nSPS) is 16.8. The van der Waals surface area contributed by atoms with Crippen LogP contribution in [0.1, 0.15) is 37.2 Å². The first-order chi connectivity index (χ1) is 7.41. The largest absolute Gasteiger partial charge is 0.422 e. The molecular weight excluding hydrogens is 214 g/mol. The monoisotopic (exact) mass is 229 g/mol. The van der Waals surface area contributed by atoms with Crippen molar-refractivity contribution >= 4 is 5.91 Å². The zero-order chi connectivity index (χ0) is 12.3. The van der Waals surface area contributed by atoms with E-state index < -0.39 is 24.1 Å². The number of aliphatic hydroxyl groups excluding tert-OH is 1. The number of carbonyl (C=O) groups excluding carboxylic acids is 1. The van der Waals surface area contributed by atoms with Gasteiger partial charge < -0.3 is 26.7 Å². The second-order valence-corrected chi connectivity index (χ2v) is 3.52. The van der Waals surface area contributed by atoms with Gasteiger partial charge in [0.25, 0.3) is 0 Å². The lowest BCUT2D eigenvalue weighted by atomic mass is 10.2. The highest BCUT2D eigenvalue weighted by atomic mass is 16.4. The van der Waals surface area contributed by atoms with E-state index in [4.69, 9.17) is 21.6 Å². The van der Waals surface area contributed by atoms with E-state index in [1.165, 1.54) is 6.92 Å². The van der Waals surface area contributed by atoms with Crippen molar-refractivity contribution in [1.82, 2.24) is 10.2 Å². The van der Waals surface area contributed by atoms with Crippen LogP contribution in [0, 0.1) is 0 Å². The van der Waals surface area contributed by atoms with Gasteiger partial charge in [-0.15, -0.1) is 10.2 Å². The van der Waals surface area contributed by atoms with Gasteiger partial charge in [0, 0.05) is 0 Å². The summed E-state index contributed by atoms with van der Waals surface area (Å²) in [6, 6.07) is -1.53. The standard InChI is InChI=1S/C8H15N5O3/c1-3(14)6(11)8-13-12-7(16-8)4(9)2-5(10)15/h3-4,6,14H,2,9,11H2,1H3,(H2,10,15)/t3?,4?,6-/m1/s1. The number of nitrogens with two attached hydrogens (primary N) is 3. The lowest BCUT2D eigenvalue weighted by molar-refractivity contribution is -0.118. The molecule has 2 unspecified atom stereocenters. The fourth-order valence-electron chi connectivity index (χ4n) is 1.04. The van der Waals surface area contributed by atoms with Gasteiger partial charge in [-0.3, -0.25) is 4.79 Å². The summed E-state index contributed by atoms with van der Waals surface area (Å²) in [5, 5.41) is 16.5. The zero-order valence-corrected chi connectivity index (χ0v) is 8.83. The van der Waals surface area contributed by atoms with Gasteiger partial charge in [-0.25, -0.2) is 0 Å². The van der Waals surface area contributed by atoms with Crippen molar-refractivity contribution < 1.29 is 14.3 Å². The summed E-state index contributed by atoms with van der Waals surface area (Å²) in [5.74, 6) is -0.415. The maximum Gasteiger partial charge on any atom is 0.235 e. The van der Waals surface area contributed by atoms with E-state index in [1.54, 1.807) is 0 Å². The van der Waals surface area contributed by atoms with E-state index in [9.17, 15) is 9.90 Å². The van der Waals surface area contributed by atoms with Crippen LogP contribution in [-0.2, 0) is 4.79 Å². The van der Waals surface area contributed by atoms with Crippen molar-refractivity contribution in [3.8, 4) is 0 Å². The quantitative estimate of drug-likeness (QED) is 0.470. The van der Waals surface area contributed by atoms with Crippen LogP contribution in [0.2, 0.25) is 0 Å². The number of carbonyl (C=O) groups is 1. The Bertz CT molecular complexity index is 364. The summed E-state index contributed by atoms with van der Waals surface area (Å²) in [5.41, 5.74) is 16.1. The second kappa shape index (κ2) is 5.01. The SMILES string of the molecule is CC(O)[C@@H](N)c1nnc(C(N)CC(N)=O)o1. The van der Waals surface area contributed by atoms with Crippen LogP contribution in [0.15, 0.2) is 4.42 Å². The number of nitrogens with zero attached hydrogens (tertiary/aromatic N) is 2. The molecule has 7 N–H and O–H groups in total. The summed E-state index contributed by atoms with van der Waals surface area (Å²) in [6.07, 6.45) is -0.911. The van der Waals surface area contributed by atoms with E-state index in [-0.39, 0.29) is 18.2 Å². The minimum absolute atomic E-state index is 0.0740. The summed E-state index contributed by atoms with van der Waals surface area (Å²) in [4.78, 5) is 10.6. The molecule has 1 aromatic rings. The summed E-state index contributed by atoms with van der Waals surface area (Å²) < 4.78 is 5.13. The van der Waals surface area contributed by atoms with Crippen LogP contribution in [0.4, 0.5) is 0 Å². The van der Waals surface area contributed by atoms with Gasteiger partial charge >= 0.3 is 0 Å². The minimum atomic E-state index is -0.819. The molecule has 0 aliphatic carbocycles. The second-order valence-electron chi connectivity index (χ2n) is 3.52. The molecule has 0 saturated carbocycles. The number of primary amides is 1. The number of amides is 1. The van der Waals surface area contributed by atoms with Crippen LogP contribution in [0.25, 0.3) is 0 Å². The maximum absolute atomic E-state index is 10.6. The van der Waals surface area contributed by atoms with Crippen molar-refractivity contribution in [2.45, 2.75) is 31.5 Å². The van der Waals surface area contributed by atoms with Crippen LogP contribution in [-0.4, -0.2) is 27.3 Å². The van der Waals surface area contributed by atoms with Gasteiger partial charge in [0.1, 0.15) is 6.04 Å².